The third-order valence-corrected chi connectivity index (χ3v) is 3.55. The maximum absolute atomic E-state index is 12.1. The number of amides is 1. The van der Waals surface area contributed by atoms with Crippen LogP contribution in [-0.2, 0) is 11.3 Å². The molecule has 2 aromatic rings. The van der Waals surface area contributed by atoms with Crippen LogP contribution in [-0.4, -0.2) is 21.5 Å². The lowest BCUT2D eigenvalue weighted by atomic mass is 10.2. The number of anilines is 1. The Bertz CT molecular complexity index is 585. The topological polar surface area (TPSA) is 72.9 Å². The number of carbonyl (C=O) groups is 1. The fourth-order valence-corrected chi connectivity index (χ4v) is 2.25. The molecule has 0 saturated carbocycles. The van der Waals surface area contributed by atoms with Gasteiger partial charge in [0.25, 0.3) is 0 Å². The number of nitrogens with zero attached hydrogens (tertiary/aromatic N) is 2. The standard InChI is InChI=1S/C16H22N4O/c1-3-14(4-2)19-15(21)11-20-10-9-18-16(20)12-5-7-13(17)8-6-12/h5-10,14H,3-4,11,17H2,1-2H3,(H,19,21). The van der Waals surface area contributed by atoms with E-state index in [1.54, 1.807) is 6.20 Å². The number of nitrogen functional groups attached to an aromatic ring is 1. The molecule has 112 valence electrons. The summed E-state index contributed by atoms with van der Waals surface area (Å²) in [4.78, 5) is 16.4. The predicted octanol–water partition coefficient (Wildman–Crippen LogP) is 2.44. The Morgan fingerprint density at radius 1 is 1.29 bits per heavy atom. The molecule has 1 amide bonds. The third-order valence-electron chi connectivity index (χ3n) is 3.55. The fourth-order valence-electron chi connectivity index (χ4n) is 2.25. The maximum atomic E-state index is 12.1. The van der Waals surface area contributed by atoms with Crippen LogP contribution in [0.4, 0.5) is 5.69 Å². The largest absolute Gasteiger partial charge is 0.399 e. The van der Waals surface area contributed by atoms with E-state index in [0.717, 1.165) is 24.2 Å². The van der Waals surface area contributed by atoms with Gasteiger partial charge in [-0.3, -0.25) is 4.79 Å². The van der Waals surface area contributed by atoms with Crippen LogP contribution in [0.5, 0.6) is 0 Å². The first kappa shape index (κ1) is 15.1. The first-order valence-electron chi connectivity index (χ1n) is 7.30. The van der Waals surface area contributed by atoms with E-state index < -0.39 is 0 Å². The predicted molar refractivity (Wildman–Crippen MR) is 84.6 cm³/mol. The quantitative estimate of drug-likeness (QED) is 0.801. The van der Waals surface area contributed by atoms with Crippen LogP contribution >= 0.6 is 0 Å². The van der Waals surface area contributed by atoms with Gasteiger partial charge in [0, 0.05) is 29.7 Å². The Labute approximate surface area is 125 Å². The molecule has 0 spiro atoms. The number of hydrogen-bond acceptors (Lipinski definition) is 3. The fraction of sp³-hybridized carbons (Fsp3) is 0.375. The van der Waals surface area contributed by atoms with Gasteiger partial charge in [-0.25, -0.2) is 4.98 Å². The summed E-state index contributed by atoms with van der Waals surface area (Å²) in [5.74, 6) is 0.785. The molecule has 0 aliphatic carbocycles. The van der Waals surface area contributed by atoms with Gasteiger partial charge in [-0.05, 0) is 37.1 Å². The SMILES string of the molecule is CCC(CC)NC(=O)Cn1ccnc1-c1ccc(N)cc1. The lowest BCUT2D eigenvalue weighted by molar-refractivity contribution is -0.122. The molecule has 0 unspecified atom stereocenters. The first-order valence-corrected chi connectivity index (χ1v) is 7.30. The summed E-state index contributed by atoms with van der Waals surface area (Å²) in [5, 5.41) is 3.03. The van der Waals surface area contributed by atoms with Gasteiger partial charge in [0.05, 0.1) is 0 Å². The van der Waals surface area contributed by atoms with E-state index in [1.165, 1.54) is 0 Å². The molecule has 3 N–H and O–H groups in total. The maximum Gasteiger partial charge on any atom is 0.240 e. The average molecular weight is 286 g/mol. The van der Waals surface area contributed by atoms with Crippen LogP contribution in [0.25, 0.3) is 11.4 Å². The van der Waals surface area contributed by atoms with Crippen molar-refractivity contribution in [2.75, 3.05) is 5.73 Å². The normalized spacial score (nSPS) is 10.8. The molecule has 0 saturated heterocycles. The minimum Gasteiger partial charge on any atom is -0.399 e. The Balaban J connectivity index is 2.10. The molecule has 0 radical (unpaired) electrons. The van der Waals surface area contributed by atoms with Crippen molar-refractivity contribution in [3.63, 3.8) is 0 Å². The van der Waals surface area contributed by atoms with Gasteiger partial charge >= 0.3 is 0 Å². The molecule has 5 heteroatoms. The van der Waals surface area contributed by atoms with E-state index in [4.69, 9.17) is 5.73 Å². The van der Waals surface area contributed by atoms with Crippen molar-refractivity contribution in [1.82, 2.24) is 14.9 Å². The molecule has 0 atom stereocenters. The summed E-state index contributed by atoms with van der Waals surface area (Å²) in [6, 6.07) is 7.72. The lowest BCUT2D eigenvalue weighted by Gasteiger charge is -2.15. The summed E-state index contributed by atoms with van der Waals surface area (Å²) in [5.41, 5.74) is 7.35. The molecule has 1 aromatic carbocycles. The van der Waals surface area contributed by atoms with Crippen LogP contribution in [0.2, 0.25) is 0 Å². The third kappa shape index (κ3) is 3.84. The van der Waals surface area contributed by atoms with Crippen molar-refractivity contribution in [1.29, 1.82) is 0 Å². The van der Waals surface area contributed by atoms with Crippen molar-refractivity contribution < 1.29 is 4.79 Å². The second-order valence-electron chi connectivity index (χ2n) is 5.08. The van der Waals surface area contributed by atoms with E-state index in [-0.39, 0.29) is 18.5 Å². The Kier molecular flexibility index (Phi) is 4.98. The Morgan fingerprint density at radius 3 is 2.57 bits per heavy atom. The zero-order chi connectivity index (χ0) is 15.2. The molecular formula is C16H22N4O. The highest BCUT2D eigenvalue weighted by atomic mass is 16.2. The number of benzene rings is 1. The number of nitrogens with two attached hydrogens (primary N) is 1. The molecule has 5 nitrogen and oxygen atoms in total. The van der Waals surface area contributed by atoms with Crippen LogP contribution < -0.4 is 11.1 Å². The van der Waals surface area contributed by atoms with Crippen LogP contribution in [0.15, 0.2) is 36.7 Å². The van der Waals surface area contributed by atoms with Gasteiger partial charge in [-0.2, -0.15) is 0 Å². The number of aromatic nitrogens is 2. The summed E-state index contributed by atoms with van der Waals surface area (Å²) in [7, 11) is 0. The minimum atomic E-state index is 0.0124. The van der Waals surface area contributed by atoms with Crippen LogP contribution in [0.1, 0.15) is 26.7 Å². The van der Waals surface area contributed by atoms with Crippen molar-refractivity contribution in [3.05, 3.63) is 36.7 Å². The number of hydrogen-bond donors (Lipinski definition) is 2. The van der Waals surface area contributed by atoms with Gasteiger partial charge in [0.15, 0.2) is 0 Å². The monoisotopic (exact) mass is 286 g/mol. The van der Waals surface area contributed by atoms with E-state index in [2.05, 4.69) is 24.1 Å². The van der Waals surface area contributed by atoms with E-state index >= 15 is 0 Å². The number of carbonyl (C=O) groups excluding carboxylic acids is 1. The second kappa shape index (κ2) is 6.92. The number of nitrogens with one attached hydrogen (secondary N) is 1. The lowest BCUT2D eigenvalue weighted by Crippen LogP contribution is -2.36. The second-order valence-corrected chi connectivity index (χ2v) is 5.08. The minimum absolute atomic E-state index is 0.0124. The van der Waals surface area contributed by atoms with E-state index in [1.807, 2.05) is 35.0 Å². The molecule has 1 aromatic heterocycles. The molecule has 0 fully saturated rings. The first-order chi connectivity index (χ1) is 10.1. The van der Waals surface area contributed by atoms with Crippen molar-refractivity contribution in [2.45, 2.75) is 39.3 Å². The molecular weight excluding hydrogens is 264 g/mol. The molecule has 2 rings (SSSR count). The molecule has 21 heavy (non-hydrogen) atoms. The van der Waals surface area contributed by atoms with Crippen molar-refractivity contribution >= 4 is 11.6 Å². The van der Waals surface area contributed by atoms with E-state index in [0.29, 0.717) is 5.69 Å². The van der Waals surface area contributed by atoms with Crippen molar-refractivity contribution in [3.8, 4) is 11.4 Å². The Morgan fingerprint density at radius 2 is 1.95 bits per heavy atom. The highest BCUT2D eigenvalue weighted by molar-refractivity contribution is 5.76. The summed E-state index contributed by atoms with van der Waals surface area (Å²) in [6.07, 6.45) is 5.40. The summed E-state index contributed by atoms with van der Waals surface area (Å²) in [6.45, 7) is 4.42. The molecule has 1 heterocycles. The van der Waals surface area contributed by atoms with Gasteiger partial charge in [-0.15, -0.1) is 0 Å². The summed E-state index contributed by atoms with van der Waals surface area (Å²) < 4.78 is 1.85. The van der Waals surface area contributed by atoms with Gasteiger partial charge in [0.1, 0.15) is 12.4 Å². The molecule has 0 bridgehead atoms. The highest BCUT2D eigenvalue weighted by Gasteiger charge is 2.12. The van der Waals surface area contributed by atoms with Crippen molar-refractivity contribution in [2.24, 2.45) is 0 Å². The van der Waals surface area contributed by atoms with Crippen LogP contribution in [0, 0.1) is 0 Å². The Hall–Kier alpha value is -2.30. The zero-order valence-electron chi connectivity index (χ0n) is 12.5. The molecule has 0 aliphatic heterocycles. The smallest absolute Gasteiger partial charge is 0.240 e. The van der Waals surface area contributed by atoms with Gasteiger partial charge in [-0.1, -0.05) is 13.8 Å². The number of imidazole rings is 1. The van der Waals surface area contributed by atoms with Crippen LogP contribution in [0.3, 0.4) is 0 Å². The van der Waals surface area contributed by atoms with Gasteiger partial charge in [0.2, 0.25) is 5.91 Å². The zero-order valence-corrected chi connectivity index (χ0v) is 12.5. The number of rotatable bonds is 6. The average Bonchev–Trinajstić information content (AvgIpc) is 2.93. The highest BCUT2D eigenvalue weighted by Crippen LogP contribution is 2.18. The van der Waals surface area contributed by atoms with E-state index in [9.17, 15) is 4.79 Å². The molecule has 0 aliphatic rings. The van der Waals surface area contributed by atoms with Gasteiger partial charge < -0.3 is 15.6 Å². The summed E-state index contributed by atoms with van der Waals surface area (Å²) >= 11 is 0.